The molecule has 2 bridgehead atoms. The quantitative estimate of drug-likeness (QED) is 0.618. The molecule has 0 aromatic carbocycles. The number of piperidine rings is 1. The maximum atomic E-state index is 11.0. The number of ether oxygens (including phenoxy) is 1. The lowest BCUT2D eigenvalue weighted by Gasteiger charge is -2.22. The van der Waals surface area contributed by atoms with Gasteiger partial charge in [-0.1, -0.05) is 6.92 Å². The molecule has 2 rings (SSSR count). The lowest BCUT2D eigenvalue weighted by Crippen LogP contribution is -2.39. The minimum Gasteiger partial charge on any atom is -0.461 e. The fourth-order valence-corrected chi connectivity index (χ4v) is 2.18. The topological polar surface area (TPSA) is 38.3 Å². The predicted molar refractivity (Wildman–Crippen MR) is 44.7 cm³/mol. The monoisotopic (exact) mass is 169 g/mol. The lowest BCUT2D eigenvalue weighted by atomic mass is 10.1. The van der Waals surface area contributed by atoms with Crippen molar-refractivity contribution in [1.82, 2.24) is 5.32 Å². The van der Waals surface area contributed by atoms with Crippen molar-refractivity contribution in [3.8, 4) is 0 Å². The molecule has 0 radical (unpaired) electrons. The highest BCUT2D eigenvalue weighted by Gasteiger charge is 2.41. The van der Waals surface area contributed by atoms with Gasteiger partial charge in [0.2, 0.25) is 0 Å². The van der Waals surface area contributed by atoms with Gasteiger partial charge in [0, 0.05) is 12.5 Å². The van der Waals surface area contributed by atoms with E-state index in [4.69, 9.17) is 4.74 Å². The van der Waals surface area contributed by atoms with E-state index in [1.807, 2.05) is 6.92 Å². The van der Waals surface area contributed by atoms with Crippen LogP contribution in [-0.2, 0) is 9.53 Å². The Balaban J connectivity index is 1.86. The summed E-state index contributed by atoms with van der Waals surface area (Å²) in [6.45, 7) is 2.95. The molecule has 1 aliphatic heterocycles. The van der Waals surface area contributed by atoms with E-state index < -0.39 is 0 Å². The van der Waals surface area contributed by atoms with Crippen LogP contribution in [0.25, 0.3) is 0 Å². The van der Waals surface area contributed by atoms with Crippen LogP contribution in [-0.4, -0.2) is 24.7 Å². The van der Waals surface area contributed by atoms with E-state index in [0.717, 1.165) is 18.9 Å². The zero-order valence-corrected chi connectivity index (χ0v) is 7.38. The van der Waals surface area contributed by atoms with Crippen LogP contribution in [0.2, 0.25) is 0 Å². The SMILES string of the molecule is CCC(=O)OC1CC2CNC1C2. The lowest BCUT2D eigenvalue weighted by molar-refractivity contribution is -0.149. The summed E-state index contributed by atoms with van der Waals surface area (Å²) < 4.78 is 5.29. The van der Waals surface area contributed by atoms with Gasteiger partial charge in [-0.05, 0) is 25.3 Å². The molecule has 0 amide bonds. The number of hydrogen-bond donors (Lipinski definition) is 1. The Morgan fingerprint density at radius 2 is 2.42 bits per heavy atom. The zero-order valence-electron chi connectivity index (χ0n) is 7.38. The molecule has 3 heteroatoms. The van der Waals surface area contributed by atoms with E-state index >= 15 is 0 Å². The Morgan fingerprint density at radius 1 is 1.58 bits per heavy atom. The van der Waals surface area contributed by atoms with E-state index in [-0.39, 0.29) is 12.1 Å². The summed E-state index contributed by atoms with van der Waals surface area (Å²) in [6, 6.07) is 0.450. The van der Waals surface area contributed by atoms with Crippen molar-refractivity contribution in [2.45, 2.75) is 38.3 Å². The molecule has 2 aliphatic rings. The summed E-state index contributed by atoms with van der Waals surface area (Å²) >= 11 is 0. The number of esters is 1. The second-order valence-corrected chi connectivity index (χ2v) is 3.73. The van der Waals surface area contributed by atoms with Crippen LogP contribution in [0, 0.1) is 5.92 Å². The first-order valence-electron chi connectivity index (χ1n) is 4.72. The Hall–Kier alpha value is -0.570. The average Bonchev–Trinajstić information content (AvgIpc) is 2.64. The molecule has 0 aromatic heterocycles. The van der Waals surface area contributed by atoms with Gasteiger partial charge in [-0.3, -0.25) is 4.79 Å². The highest BCUT2D eigenvalue weighted by Crippen LogP contribution is 2.33. The molecule has 2 fully saturated rings. The van der Waals surface area contributed by atoms with Gasteiger partial charge >= 0.3 is 5.97 Å². The summed E-state index contributed by atoms with van der Waals surface area (Å²) in [5, 5.41) is 3.36. The van der Waals surface area contributed by atoms with Gasteiger partial charge in [0.15, 0.2) is 0 Å². The van der Waals surface area contributed by atoms with Gasteiger partial charge in [0.25, 0.3) is 0 Å². The molecule has 1 N–H and O–H groups in total. The summed E-state index contributed by atoms with van der Waals surface area (Å²) in [5.41, 5.74) is 0. The number of nitrogens with one attached hydrogen (secondary N) is 1. The first-order chi connectivity index (χ1) is 5.79. The molecule has 0 aromatic rings. The van der Waals surface area contributed by atoms with E-state index in [0.29, 0.717) is 12.5 Å². The summed E-state index contributed by atoms with van der Waals surface area (Å²) in [6.07, 6.45) is 2.93. The van der Waals surface area contributed by atoms with Crippen LogP contribution in [0.1, 0.15) is 26.2 Å². The summed E-state index contributed by atoms with van der Waals surface area (Å²) in [5.74, 6) is 0.694. The van der Waals surface area contributed by atoms with Crippen molar-refractivity contribution in [3.05, 3.63) is 0 Å². The largest absolute Gasteiger partial charge is 0.461 e. The molecule has 1 saturated carbocycles. The Bertz CT molecular complexity index is 193. The van der Waals surface area contributed by atoms with Gasteiger partial charge in [0.1, 0.15) is 6.10 Å². The molecule has 68 valence electrons. The Morgan fingerprint density at radius 3 is 2.92 bits per heavy atom. The van der Waals surface area contributed by atoms with Crippen LogP contribution >= 0.6 is 0 Å². The minimum atomic E-state index is -0.0608. The number of rotatable bonds is 2. The summed E-state index contributed by atoms with van der Waals surface area (Å²) in [7, 11) is 0. The van der Waals surface area contributed by atoms with Crippen LogP contribution in [0.5, 0.6) is 0 Å². The first-order valence-corrected chi connectivity index (χ1v) is 4.72. The van der Waals surface area contributed by atoms with Crippen molar-refractivity contribution in [1.29, 1.82) is 0 Å². The molecular weight excluding hydrogens is 154 g/mol. The van der Waals surface area contributed by atoms with Crippen molar-refractivity contribution >= 4 is 5.97 Å². The Kier molecular flexibility index (Phi) is 2.05. The second kappa shape index (κ2) is 3.05. The van der Waals surface area contributed by atoms with Crippen LogP contribution in [0.4, 0.5) is 0 Å². The van der Waals surface area contributed by atoms with Crippen molar-refractivity contribution < 1.29 is 9.53 Å². The van der Waals surface area contributed by atoms with Crippen LogP contribution < -0.4 is 5.32 Å². The molecule has 1 saturated heterocycles. The van der Waals surface area contributed by atoms with Crippen molar-refractivity contribution in [3.63, 3.8) is 0 Å². The number of carbonyl (C=O) groups is 1. The Labute approximate surface area is 72.5 Å². The number of fused-ring (bicyclic) bond motifs is 2. The molecule has 3 unspecified atom stereocenters. The smallest absolute Gasteiger partial charge is 0.305 e. The summed E-state index contributed by atoms with van der Waals surface area (Å²) in [4.78, 5) is 11.0. The van der Waals surface area contributed by atoms with Crippen molar-refractivity contribution in [2.75, 3.05) is 6.54 Å². The zero-order chi connectivity index (χ0) is 8.55. The third-order valence-electron chi connectivity index (χ3n) is 2.84. The van der Waals surface area contributed by atoms with Gasteiger partial charge in [0.05, 0.1) is 0 Å². The van der Waals surface area contributed by atoms with E-state index in [9.17, 15) is 4.79 Å². The number of carbonyl (C=O) groups excluding carboxylic acids is 1. The van der Waals surface area contributed by atoms with Gasteiger partial charge in [-0.25, -0.2) is 0 Å². The third kappa shape index (κ3) is 1.33. The highest BCUT2D eigenvalue weighted by atomic mass is 16.5. The second-order valence-electron chi connectivity index (χ2n) is 3.73. The van der Waals surface area contributed by atoms with E-state index in [2.05, 4.69) is 5.32 Å². The fourth-order valence-electron chi connectivity index (χ4n) is 2.18. The average molecular weight is 169 g/mol. The van der Waals surface area contributed by atoms with Gasteiger partial charge < -0.3 is 10.1 Å². The maximum absolute atomic E-state index is 11.0. The predicted octanol–water partition coefficient (Wildman–Crippen LogP) is 0.690. The number of hydrogen-bond acceptors (Lipinski definition) is 3. The van der Waals surface area contributed by atoms with Crippen LogP contribution in [0.3, 0.4) is 0 Å². The third-order valence-corrected chi connectivity index (χ3v) is 2.84. The molecule has 12 heavy (non-hydrogen) atoms. The molecule has 3 atom stereocenters. The molecule has 1 heterocycles. The normalized spacial score (nSPS) is 38.6. The van der Waals surface area contributed by atoms with E-state index in [1.165, 1.54) is 6.42 Å². The minimum absolute atomic E-state index is 0.0608. The molecule has 0 spiro atoms. The standard InChI is InChI=1S/C9H15NO2/c1-2-9(11)12-8-4-6-3-7(8)10-5-6/h6-8,10H,2-5H2,1H3. The van der Waals surface area contributed by atoms with Gasteiger partial charge in [-0.15, -0.1) is 0 Å². The maximum Gasteiger partial charge on any atom is 0.305 e. The van der Waals surface area contributed by atoms with Crippen molar-refractivity contribution in [2.24, 2.45) is 5.92 Å². The van der Waals surface area contributed by atoms with Gasteiger partial charge in [-0.2, -0.15) is 0 Å². The van der Waals surface area contributed by atoms with Crippen LogP contribution in [0.15, 0.2) is 0 Å². The van der Waals surface area contributed by atoms with E-state index in [1.54, 1.807) is 0 Å². The fraction of sp³-hybridized carbons (Fsp3) is 0.889. The first kappa shape index (κ1) is 8.05. The molecule has 3 nitrogen and oxygen atoms in total. The molecular formula is C9H15NO2. The molecule has 1 aliphatic carbocycles. The highest BCUT2D eigenvalue weighted by molar-refractivity contribution is 5.69.